The van der Waals surface area contributed by atoms with Crippen molar-refractivity contribution in [3.05, 3.63) is 0 Å². The van der Waals surface area contributed by atoms with Crippen LogP contribution in [-0.2, 0) is 0 Å². The average molecular weight is 285 g/mol. The first-order chi connectivity index (χ1) is 9.54. The van der Waals surface area contributed by atoms with Gasteiger partial charge in [-0.05, 0) is 39.8 Å². The molecule has 2 unspecified atom stereocenters. The molecule has 0 aromatic rings. The molecule has 2 N–H and O–H groups in total. The maximum atomic E-state index is 12.1. The number of likely N-dealkylation sites (tertiary alicyclic amines) is 1. The number of rotatable bonds is 7. The van der Waals surface area contributed by atoms with Crippen LogP contribution in [0.25, 0.3) is 0 Å². The van der Waals surface area contributed by atoms with Gasteiger partial charge in [0.05, 0.1) is 6.10 Å². The summed E-state index contributed by atoms with van der Waals surface area (Å²) in [6.07, 6.45) is 4.07. The summed E-state index contributed by atoms with van der Waals surface area (Å²) in [6.45, 7) is 8.14. The molecule has 1 fully saturated rings. The molecule has 1 aliphatic heterocycles. The summed E-state index contributed by atoms with van der Waals surface area (Å²) in [5.41, 5.74) is 0. The second-order valence-corrected chi connectivity index (χ2v) is 5.98. The maximum Gasteiger partial charge on any atom is 0.317 e. The largest absolute Gasteiger partial charge is 0.393 e. The van der Waals surface area contributed by atoms with Crippen LogP contribution < -0.4 is 5.32 Å². The molecular weight excluding hydrogens is 254 g/mol. The Labute approximate surface area is 123 Å². The van der Waals surface area contributed by atoms with Crippen molar-refractivity contribution in [1.29, 1.82) is 0 Å². The number of aliphatic hydroxyl groups excluding tert-OH is 1. The number of hydrogen-bond donors (Lipinski definition) is 2. The number of piperidine rings is 1. The quantitative estimate of drug-likeness (QED) is 0.746. The van der Waals surface area contributed by atoms with E-state index in [-0.39, 0.29) is 18.1 Å². The van der Waals surface area contributed by atoms with Crippen LogP contribution in [0.4, 0.5) is 4.79 Å². The zero-order chi connectivity index (χ0) is 15.0. The average Bonchev–Trinajstić information content (AvgIpc) is 2.45. The fourth-order valence-electron chi connectivity index (χ4n) is 2.59. The third kappa shape index (κ3) is 6.09. The molecule has 1 aliphatic rings. The molecule has 20 heavy (non-hydrogen) atoms. The second kappa shape index (κ2) is 9.19. The van der Waals surface area contributed by atoms with Crippen LogP contribution in [0.15, 0.2) is 0 Å². The van der Waals surface area contributed by atoms with E-state index < -0.39 is 0 Å². The SMILES string of the molecule is CCCCN(C)CCNC(=O)N1CCCC(C(C)O)C1. The molecule has 0 radical (unpaired) electrons. The number of nitrogens with one attached hydrogen (secondary N) is 1. The van der Waals surface area contributed by atoms with Crippen LogP contribution >= 0.6 is 0 Å². The first-order valence-electron chi connectivity index (χ1n) is 7.94. The molecule has 118 valence electrons. The van der Waals surface area contributed by atoms with Gasteiger partial charge in [0.1, 0.15) is 0 Å². The fourth-order valence-corrected chi connectivity index (χ4v) is 2.59. The molecule has 1 saturated heterocycles. The number of carbonyl (C=O) groups is 1. The van der Waals surface area contributed by atoms with Gasteiger partial charge in [-0.15, -0.1) is 0 Å². The Balaban J connectivity index is 2.21. The van der Waals surface area contributed by atoms with Crippen LogP contribution in [-0.4, -0.2) is 66.8 Å². The maximum absolute atomic E-state index is 12.1. The number of nitrogens with zero attached hydrogens (tertiary/aromatic N) is 2. The van der Waals surface area contributed by atoms with Gasteiger partial charge in [0.25, 0.3) is 0 Å². The first kappa shape index (κ1) is 17.2. The van der Waals surface area contributed by atoms with E-state index in [1.54, 1.807) is 0 Å². The Morgan fingerprint density at radius 1 is 1.50 bits per heavy atom. The van der Waals surface area contributed by atoms with Crippen LogP contribution in [0.3, 0.4) is 0 Å². The highest BCUT2D eigenvalue weighted by Crippen LogP contribution is 2.19. The van der Waals surface area contributed by atoms with Crippen molar-refractivity contribution < 1.29 is 9.90 Å². The predicted molar refractivity (Wildman–Crippen MR) is 81.8 cm³/mol. The van der Waals surface area contributed by atoms with Crippen molar-refractivity contribution in [1.82, 2.24) is 15.1 Å². The molecule has 2 amide bonds. The van der Waals surface area contributed by atoms with Gasteiger partial charge in [0.2, 0.25) is 0 Å². The molecule has 0 bridgehead atoms. The minimum atomic E-state index is -0.328. The van der Waals surface area contributed by atoms with Crippen LogP contribution in [0, 0.1) is 5.92 Å². The molecule has 5 heteroatoms. The van der Waals surface area contributed by atoms with E-state index in [1.807, 2.05) is 11.8 Å². The highest BCUT2D eigenvalue weighted by molar-refractivity contribution is 5.74. The predicted octanol–water partition coefficient (Wildman–Crippen LogP) is 1.52. The van der Waals surface area contributed by atoms with Gasteiger partial charge >= 0.3 is 6.03 Å². The van der Waals surface area contributed by atoms with E-state index in [0.717, 1.165) is 32.5 Å². The van der Waals surface area contributed by atoms with Gasteiger partial charge in [-0.3, -0.25) is 0 Å². The zero-order valence-electron chi connectivity index (χ0n) is 13.3. The van der Waals surface area contributed by atoms with Crippen molar-refractivity contribution in [3.63, 3.8) is 0 Å². The topological polar surface area (TPSA) is 55.8 Å². The molecule has 0 aromatic heterocycles. The lowest BCUT2D eigenvalue weighted by molar-refractivity contribution is 0.0738. The van der Waals surface area contributed by atoms with Crippen LogP contribution in [0.1, 0.15) is 39.5 Å². The number of unbranched alkanes of at least 4 members (excludes halogenated alkanes) is 1. The highest BCUT2D eigenvalue weighted by atomic mass is 16.3. The summed E-state index contributed by atoms with van der Waals surface area (Å²) in [5.74, 6) is 0.224. The second-order valence-electron chi connectivity index (χ2n) is 5.98. The lowest BCUT2D eigenvalue weighted by Crippen LogP contribution is -2.48. The summed E-state index contributed by atoms with van der Waals surface area (Å²) in [7, 11) is 2.09. The molecule has 0 spiro atoms. The van der Waals surface area contributed by atoms with Gasteiger partial charge in [-0.25, -0.2) is 4.79 Å². The normalized spacial score (nSPS) is 21.1. The standard InChI is InChI=1S/C15H31N3O2/c1-4-5-9-17(3)11-8-16-15(20)18-10-6-7-14(12-18)13(2)19/h13-14,19H,4-12H2,1-3H3,(H,16,20). The summed E-state index contributed by atoms with van der Waals surface area (Å²) in [6, 6.07) is 0.0132. The summed E-state index contributed by atoms with van der Waals surface area (Å²) < 4.78 is 0. The van der Waals surface area contributed by atoms with E-state index >= 15 is 0 Å². The number of aliphatic hydroxyl groups is 1. The Kier molecular flexibility index (Phi) is 7.92. The lowest BCUT2D eigenvalue weighted by Gasteiger charge is -2.34. The summed E-state index contributed by atoms with van der Waals surface area (Å²) in [4.78, 5) is 16.2. The first-order valence-corrected chi connectivity index (χ1v) is 7.94. The van der Waals surface area contributed by atoms with Crippen LogP contribution in [0.2, 0.25) is 0 Å². The van der Waals surface area contributed by atoms with E-state index in [4.69, 9.17) is 0 Å². The molecule has 2 atom stereocenters. The van der Waals surface area contributed by atoms with Gasteiger partial charge in [-0.1, -0.05) is 13.3 Å². The Hall–Kier alpha value is -0.810. The Morgan fingerprint density at radius 2 is 2.25 bits per heavy atom. The number of hydrogen-bond acceptors (Lipinski definition) is 3. The third-order valence-electron chi connectivity index (χ3n) is 4.09. The number of carbonyl (C=O) groups excluding carboxylic acids is 1. The highest BCUT2D eigenvalue weighted by Gasteiger charge is 2.26. The van der Waals surface area contributed by atoms with E-state index in [1.165, 1.54) is 12.8 Å². The molecule has 0 aromatic carbocycles. The molecular formula is C15H31N3O2. The van der Waals surface area contributed by atoms with Gasteiger partial charge in [-0.2, -0.15) is 0 Å². The minimum absolute atomic E-state index is 0.0132. The molecule has 0 aliphatic carbocycles. The van der Waals surface area contributed by atoms with E-state index in [9.17, 15) is 9.90 Å². The fraction of sp³-hybridized carbons (Fsp3) is 0.933. The minimum Gasteiger partial charge on any atom is -0.393 e. The third-order valence-corrected chi connectivity index (χ3v) is 4.09. The van der Waals surface area contributed by atoms with Crippen LogP contribution in [0.5, 0.6) is 0 Å². The zero-order valence-corrected chi connectivity index (χ0v) is 13.3. The van der Waals surface area contributed by atoms with Crippen molar-refractivity contribution in [2.45, 2.75) is 45.6 Å². The Bertz CT molecular complexity index is 284. The van der Waals surface area contributed by atoms with Gasteiger partial charge in [0.15, 0.2) is 0 Å². The smallest absolute Gasteiger partial charge is 0.317 e. The van der Waals surface area contributed by atoms with Crippen molar-refractivity contribution >= 4 is 6.03 Å². The molecule has 5 nitrogen and oxygen atoms in total. The molecule has 1 rings (SSSR count). The monoisotopic (exact) mass is 285 g/mol. The lowest BCUT2D eigenvalue weighted by atomic mass is 9.94. The van der Waals surface area contributed by atoms with E-state index in [2.05, 4.69) is 24.2 Å². The number of likely N-dealkylation sites (N-methyl/N-ethyl adjacent to an activating group) is 1. The van der Waals surface area contributed by atoms with Crippen molar-refractivity contribution in [3.8, 4) is 0 Å². The van der Waals surface area contributed by atoms with Gasteiger partial charge < -0.3 is 20.2 Å². The molecule has 0 saturated carbocycles. The van der Waals surface area contributed by atoms with Crippen molar-refractivity contribution in [2.75, 3.05) is 39.8 Å². The summed E-state index contributed by atoms with van der Waals surface area (Å²) >= 11 is 0. The number of amides is 2. The van der Waals surface area contributed by atoms with Gasteiger partial charge in [0, 0.05) is 32.1 Å². The van der Waals surface area contributed by atoms with Crippen molar-refractivity contribution in [2.24, 2.45) is 5.92 Å². The van der Waals surface area contributed by atoms with E-state index in [0.29, 0.717) is 13.1 Å². The Morgan fingerprint density at radius 3 is 2.90 bits per heavy atom. The summed E-state index contributed by atoms with van der Waals surface area (Å²) in [5, 5.41) is 12.6. The number of urea groups is 1. The molecule has 1 heterocycles.